The zero-order chi connectivity index (χ0) is 16.8. The first kappa shape index (κ1) is 17.0. The van der Waals surface area contributed by atoms with E-state index in [2.05, 4.69) is 0 Å². The third kappa shape index (κ3) is 4.53. The van der Waals surface area contributed by atoms with Crippen LogP contribution >= 0.6 is 11.6 Å². The maximum absolute atomic E-state index is 11.5. The van der Waals surface area contributed by atoms with Crippen LogP contribution in [0.1, 0.15) is 5.56 Å². The predicted molar refractivity (Wildman–Crippen MR) is 86.8 cm³/mol. The summed E-state index contributed by atoms with van der Waals surface area (Å²) in [7, 11) is 3.08. The largest absolute Gasteiger partial charge is 0.497 e. The molecule has 122 valence electrons. The first-order valence-corrected chi connectivity index (χ1v) is 7.27. The van der Waals surface area contributed by atoms with Gasteiger partial charge in [0, 0.05) is 17.5 Å². The molecule has 0 saturated heterocycles. The molecule has 0 spiro atoms. The van der Waals surface area contributed by atoms with E-state index in [0.29, 0.717) is 22.3 Å². The van der Waals surface area contributed by atoms with Crippen molar-refractivity contribution in [2.75, 3.05) is 14.2 Å². The van der Waals surface area contributed by atoms with Crippen molar-refractivity contribution in [2.24, 2.45) is 0 Å². The highest BCUT2D eigenvalue weighted by Gasteiger charge is 2.22. The van der Waals surface area contributed by atoms with Gasteiger partial charge < -0.3 is 19.3 Å². The Kier molecular flexibility index (Phi) is 5.71. The molecule has 0 bridgehead atoms. The van der Waals surface area contributed by atoms with Gasteiger partial charge in [-0.1, -0.05) is 17.7 Å². The minimum absolute atomic E-state index is 0.158. The molecule has 0 aliphatic heterocycles. The van der Waals surface area contributed by atoms with E-state index in [1.54, 1.807) is 49.6 Å². The minimum Gasteiger partial charge on any atom is -0.497 e. The second-order valence-corrected chi connectivity index (χ2v) is 5.22. The van der Waals surface area contributed by atoms with Crippen molar-refractivity contribution in [3.63, 3.8) is 0 Å². The molecule has 0 radical (unpaired) electrons. The Bertz CT molecular complexity index is 669. The summed E-state index contributed by atoms with van der Waals surface area (Å²) in [5, 5.41) is 9.95. The molecule has 5 nitrogen and oxygen atoms in total. The lowest BCUT2D eigenvalue weighted by atomic mass is 10.1. The quantitative estimate of drug-likeness (QED) is 0.839. The molecule has 0 fully saturated rings. The fourth-order valence-electron chi connectivity index (χ4n) is 2.08. The van der Waals surface area contributed by atoms with E-state index < -0.39 is 12.1 Å². The van der Waals surface area contributed by atoms with Crippen molar-refractivity contribution in [1.82, 2.24) is 0 Å². The fraction of sp³-hybridized carbons (Fsp3) is 0.235. The molecule has 0 unspecified atom stereocenters. The van der Waals surface area contributed by atoms with Gasteiger partial charge in [-0.05, 0) is 35.9 Å². The van der Waals surface area contributed by atoms with Crippen LogP contribution in [0.15, 0.2) is 42.5 Å². The van der Waals surface area contributed by atoms with Crippen LogP contribution in [0.2, 0.25) is 5.02 Å². The Morgan fingerprint density at radius 3 is 2.30 bits per heavy atom. The van der Waals surface area contributed by atoms with Gasteiger partial charge in [-0.2, -0.15) is 0 Å². The maximum atomic E-state index is 11.5. The topological polar surface area (TPSA) is 65.0 Å². The van der Waals surface area contributed by atoms with Crippen molar-refractivity contribution < 1.29 is 24.1 Å². The number of methoxy groups -OCH3 is 2. The lowest BCUT2D eigenvalue weighted by Crippen LogP contribution is -2.29. The molecule has 2 rings (SSSR count). The number of aliphatic carboxylic acids is 1. The van der Waals surface area contributed by atoms with Gasteiger partial charge in [0.05, 0.1) is 14.2 Å². The van der Waals surface area contributed by atoms with Crippen LogP contribution in [-0.4, -0.2) is 31.4 Å². The molecule has 23 heavy (non-hydrogen) atoms. The van der Waals surface area contributed by atoms with Gasteiger partial charge in [0.15, 0.2) is 6.10 Å². The Balaban J connectivity index is 2.19. The summed E-state index contributed by atoms with van der Waals surface area (Å²) in [4.78, 5) is 11.5. The Hall–Kier alpha value is -2.40. The van der Waals surface area contributed by atoms with Gasteiger partial charge in [-0.3, -0.25) is 0 Å². The summed E-state index contributed by atoms with van der Waals surface area (Å²) in [6.45, 7) is 0. The van der Waals surface area contributed by atoms with Crippen molar-refractivity contribution in [3.05, 3.63) is 53.1 Å². The molecule has 1 N–H and O–H groups in total. The van der Waals surface area contributed by atoms with Crippen LogP contribution in [0.4, 0.5) is 0 Å². The number of hydrogen-bond donors (Lipinski definition) is 1. The zero-order valence-corrected chi connectivity index (χ0v) is 13.5. The summed E-state index contributed by atoms with van der Waals surface area (Å²) in [5.41, 5.74) is 0.717. The number of rotatable bonds is 7. The smallest absolute Gasteiger partial charge is 0.345 e. The second-order valence-electron chi connectivity index (χ2n) is 4.78. The molecule has 0 heterocycles. The highest BCUT2D eigenvalue weighted by Crippen LogP contribution is 2.27. The van der Waals surface area contributed by atoms with E-state index in [9.17, 15) is 9.90 Å². The number of ether oxygens (including phenoxy) is 3. The molecular weight excluding hydrogens is 320 g/mol. The monoisotopic (exact) mass is 336 g/mol. The number of carboxylic acids is 1. The molecule has 0 amide bonds. The van der Waals surface area contributed by atoms with Crippen molar-refractivity contribution in [3.8, 4) is 17.2 Å². The summed E-state index contributed by atoms with van der Waals surface area (Å²) in [6, 6.07) is 11.8. The summed E-state index contributed by atoms with van der Waals surface area (Å²) in [5.74, 6) is 0.568. The molecule has 0 aliphatic carbocycles. The standard InChI is InChI=1S/C17H17ClO5/c1-21-14-6-3-11(15(10-14)22-2)9-16(17(19)20)23-13-7-4-12(18)5-8-13/h3-8,10,16H,9H2,1-2H3,(H,19,20)/t16-/m0/s1. The third-order valence-corrected chi connectivity index (χ3v) is 3.52. The van der Waals surface area contributed by atoms with Crippen LogP contribution in [0.5, 0.6) is 17.2 Å². The summed E-state index contributed by atoms with van der Waals surface area (Å²) < 4.78 is 16.0. The van der Waals surface area contributed by atoms with E-state index in [4.69, 9.17) is 25.8 Å². The second kappa shape index (κ2) is 7.74. The number of carboxylic acid groups (broad SMARTS) is 1. The molecular formula is C17H17ClO5. The number of hydrogen-bond acceptors (Lipinski definition) is 4. The summed E-state index contributed by atoms with van der Waals surface area (Å²) in [6.07, 6.45) is -0.885. The highest BCUT2D eigenvalue weighted by molar-refractivity contribution is 6.30. The average molecular weight is 337 g/mol. The molecule has 2 aromatic rings. The van der Waals surface area contributed by atoms with E-state index in [1.165, 1.54) is 7.11 Å². The highest BCUT2D eigenvalue weighted by atomic mass is 35.5. The van der Waals surface area contributed by atoms with E-state index in [1.807, 2.05) is 0 Å². The molecule has 0 saturated carbocycles. The fourth-order valence-corrected chi connectivity index (χ4v) is 2.20. The van der Waals surface area contributed by atoms with Crippen LogP contribution < -0.4 is 14.2 Å². The molecule has 2 aromatic carbocycles. The van der Waals surface area contributed by atoms with Crippen molar-refractivity contribution >= 4 is 17.6 Å². The van der Waals surface area contributed by atoms with Crippen LogP contribution in [0.3, 0.4) is 0 Å². The lowest BCUT2D eigenvalue weighted by Gasteiger charge is -2.17. The van der Waals surface area contributed by atoms with Crippen LogP contribution in [-0.2, 0) is 11.2 Å². The van der Waals surface area contributed by atoms with Crippen LogP contribution in [0.25, 0.3) is 0 Å². The van der Waals surface area contributed by atoms with Crippen LogP contribution in [0, 0.1) is 0 Å². The molecule has 0 aromatic heterocycles. The Morgan fingerprint density at radius 1 is 1.09 bits per heavy atom. The Morgan fingerprint density at radius 2 is 1.74 bits per heavy atom. The lowest BCUT2D eigenvalue weighted by molar-refractivity contribution is -0.145. The van der Waals surface area contributed by atoms with Gasteiger partial charge in [0.25, 0.3) is 0 Å². The van der Waals surface area contributed by atoms with Gasteiger partial charge in [-0.15, -0.1) is 0 Å². The Labute approximate surface area is 139 Å². The maximum Gasteiger partial charge on any atom is 0.345 e. The number of benzene rings is 2. The zero-order valence-electron chi connectivity index (χ0n) is 12.8. The van der Waals surface area contributed by atoms with Gasteiger partial charge in [0.1, 0.15) is 17.2 Å². The van der Waals surface area contributed by atoms with Crippen molar-refractivity contribution in [2.45, 2.75) is 12.5 Å². The third-order valence-electron chi connectivity index (χ3n) is 3.27. The van der Waals surface area contributed by atoms with E-state index in [-0.39, 0.29) is 6.42 Å². The minimum atomic E-state index is -1.06. The SMILES string of the molecule is COc1ccc(C[C@H](Oc2ccc(Cl)cc2)C(=O)O)c(OC)c1. The molecule has 0 aliphatic rings. The normalized spacial score (nSPS) is 11.6. The average Bonchev–Trinajstić information content (AvgIpc) is 2.56. The van der Waals surface area contributed by atoms with Gasteiger partial charge in [-0.25, -0.2) is 4.79 Å². The predicted octanol–water partition coefficient (Wildman–Crippen LogP) is 3.43. The molecule has 1 atom stereocenters. The van der Waals surface area contributed by atoms with Gasteiger partial charge in [0.2, 0.25) is 0 Å². The number of carbonyl (C=O) groups is 1. The number of halogens is 1. The molecule has 6 heteroatoms. The first-order valence-electron chi connectivity index (χ1n) is 6.89. The summed E-state index contributed by atoms with van der Waals surface area (Å²) >= 11 is 5.81. The van der Waals surface area contributed by atoms with Gasteiger partial charge >= 0.3 is 5.97 Å². The van der Waals surface area contributed by atoms with E-state index in [0.717, 1.165) is 5.56 Å². The van der Waals surface area contributed by atoms with E-state index >= 15 is 0 Å². The first-order chi connectivity index (χ1) is 11.0. The van der Waals surface area contributed by atoms with Crippen molar-refractivity contribution in [1.29, 1.82) is 0 Å².